The second-order valence-corrected chi connectivity index (χ2v) is 8.40. The minimum Gasteiger partial charge on any atom is -0.490 e. The first kappa shape index (κ1) is 20.3. The Hall–Kier alpha value is -2.47. The third kappa shape index (κ3) is 5.07. The van der Waals surface area contributed by atoms with E-state index >= 15 is 0 Å². The number of aryl methyl sites for hydroxylation is 1. The summed E-state index contributed by atoms with van der Waals surface area (Å²) in [4.78, 5) is 26.7. The van der Waals surface area contributed by atoms with E-state index in [2.05, 4.69) is 0 Å². The molecule has 0 aromatic heterocycles. The van der Waals surface area contributed by atoms with Gasteiger partial charge in [0.1, 0.15) is 17.1 Å². The fourth-order valence-electron chi connectivity index (χ4n) is 3.14. The van der Waals surface area contributed by atoms with Crippen LogP contribution in [0.25, 0.3) is 0 Å². The van der Waals surface area contributed by atoms with Crippen LogP contribution < -0.4 is 4.74 Å². The van der Waals surface area contributed by atoms with E-state index in [4.69, 9.17) is 9.84 Å². The lowest BCUT2D eigenvalue weighted by Gasteiger charge is -2.32. The van der Waals surface area contributed by atoms with Crippen molar-refractivity contribution in [3.05, 3.63) is 59.7 Å². The number of rotatable bonds is 6. The maximum atomic E-state index is 13.0. The van der Waals surface area contributed by atoms with E-state index in [1.165, 1.54) is 17.3 Å². The summed E-state index contributed by atoms with van der Waals surface area (Å²) in [7, 11) is 0. The maximum Gasteiger partial charge on any atom is 0.316 e. The summed E-state index contributed by atoms with van der Waals surface area (Å²) < 4.78 is 6.04. The highest BCUT2D eigenvalue weighted by molar-refractivity contribution is 8.00. The van der Waals surface area contributed by atoms with Crippen molar-refractivity contribution in [1.29, 1.82) is 0 Å². The Labute approximate surface area is 169 Å². The van der Waals surface area contributed by atoms with Crippen molar-refractivity contribution >= 4 is 23.6 Å². The van der Waals surface area contributed by atoms with Gasteiger partial charge in [0, 0.05) is 30.8 Å². The quantitative estimate of drug-likeness (QED) is 0.736. The van der Waals surface area contributed by atoms with Crippen LogP contribution in [0.5, 0.6) is 5.75 Å². The molecule has 6 heteroatoms. The molecule has 1 aliphatic rings. The fourth-order valence-corrected chi connectivity index (χ4v) is 4.06. The summed E-state index contributed by atoms with van der Waals surface area (Å²) in [5.41, 5.74) is 1.76. The molecule has 1 amide bonds. The Bertz CT molecular complexity index is 829. The van der Waals surface area contributed by atoms with Gasteiger partial charge in [-0.05, 0) is 38.1 Å². The van der Waals surface area contributed by atoms with Crippen molar-refractivity contribution in [2.24, 2.45) is 0 Å². The number of nitrogens with zero attached hydrogens (tertiary/aromatic N) is 1. The van der Waals surface area contributed by atoms with Gasteiger partial charge in [-0.25, -0.2) is 0 Å². The summed E-state index contributed by atoms with van der Waals surface area (Å²) in [6, 6.07) is 15.2. The van der Waals surface area contributed by atoms with Crippen molar-refractivity contribution < 1.29 is 19.4 Å². The van der Waals surface area contributed by atoms with Crippen LogP contribution in [0, 0.1) is 6.92 Å². The van der Waals surface area contributed by atoms with E-state index in [0.29, 0.717) is 23.5 Å². The van der Waals surface area contributed by atoms with E-state index in [1.54, 1.807) is 13.0 Å². The van der Waals surface area contributed by atoms with Gasteiger partial charge in [-0.15, -0.1) is 11.8 Å². The predicted molar refractivity (Wildman–Crippen MR) is 110 cm³/mol. The molecule has 1 unspecified atom stereocenters. The first-order valence-electron chi connectivity index (χ1n) is 9.45. The Balaban J connectivity index is 1.61. The predicted octanol–water partition coefficient (Wildman–Crippen LogP) is 4.24. The number of carboxylic acid groups (broad SMARTS) is 1. The minimum atomic E-state index is -0.888. The van der Waals surface area contributed by atoms with E-state index in [1.807, 2.05) is 54.3 Å². The van der Waals surface area contributed by atoms with Gasteiger partial charge >= 0.3 is 5.97 Å². The van der Waals surface area contributed by atoms with E-state index in [9.17, 15) is 9.59 Å². The first-order chi connectivity index (χ1) is 13.4. The maximum absolute atomic E-state index is 13.0. The van der Waals surface area contributed by atoms with Crippen LogP contribution in [0.1, 0.15) is 35.7 Å². The van der Waals surface area contributed by atoms with Crippen LogP contribution in [-0.2, 0) is 4.79 Å². The van der Waals surface area contributed by atoms with Crippen molar-refractivity contribution in [3.8, 4) is 5.75 Å². The topological polar surface area (TPSA) is 66.8 Å². The summed E-state index contributed by atoms with van der Waals surface area (Å²) in [6.45, 7) is 4.93. The molecule has 0 radical (unpaired) electrons. The molecule has 1 aliphatic heterocycles. The van der Waals surface area contributed by atoms with Crippen molar-refractivity contribution in [2.75, 3.05) is 13.1 Å². The number of hydrogen-bond acceptors (Lipinski definition) is 4. The average molecular weight is 400 g/mol. The van der Waals surface area contributed by atoms with Crippen LogP contribution in [-0.4, -0.2) is 46.3 Å². The van der Waals surface area contributed by atoms with Gasteiger partial charge in [-0.1, -0.05) is 29.8 Å². The van der Waals surface area contributed by atoms with Crippen LogP contribution >= 0.6 is 11.8 Å². The normalized spacial score (nSPS) is 15.9. The van der Waals surface area contributed by atoms with Crippen LogP contribution in [0.4, 0.5) is 0 Å². The lowest BCUT2D eigenvalue weighted by atomic mass is 10.1. The lowest BCUT2D eigenvalue weighted by molar-refractivity contribution is -0.136. The SMILES string of the molecule is Cc1ccc(OC2CCN(C(=O)c3ccccc3SC(C)C(=O)O)CC2)cc1. The van der Waals surface area contributed by atoms with Gasteiger partial charge in [0.15, 0.2) is 0 Å². The molecule has 5 nitrogen and oxygen atoms in total. The number of amides is 1. The van der Waals surface area contributed by atoms with E-state index < -0.39 is 11.2 Å². The fraction of sp³-hybridized carbons (Fsp3) is 0.364. The molecule has 1 fully saturated rings. The third-order valence-electron chi connectivity index (χ3n) is 4.82. The Kier molecular flexibility index (Phi) is 6.62. The minimum absolute atomic E-state index is 0.0468. The van der Waals surface area contributed by atoms with E-state index in [0.717, 1.165) is 18.6 Å². The van der Waals surface area contributed by atoms with Gasteiger partial charge in [-0.3, -0.25) is 9.59 Å². The molecule has 0 saturated carbocycles. The smallest absolute Gasteiger partial charge is 0.316 e. The van der Waals surface area contributed by atoms with Gasteiger partial charge in [0.25, 0.3) is 5.91 Å². The third-order valence-corrected chi connectivity index (χ3v) is 5.99. The molecule has 0 bridgehead atoms. The summed E-state index contributed by atoms with van der Waals surface area (Å²) in [6.07, 6.45) is 1.66. The van der Waals surface area contributed by atoms with Gasteiger partial charge < -0.3 is 14.7 Å². The zero-order valence-corrected chi connectivity index (χ0v) is 16.9. The van der Waals surface area contributed by atoms with Crippen LogP contribution in [0.2, 0.25) is 0 Å². The highest BCUT2D eigenvalue weighted by Crippen LogP contribution is 2.29. The Morgan fingerprint density at radius 3 is 2.39 bits per heavy atom. The molecule has 148 valence electrons. The molecule has 0 spiro atoms. The molecule has 2 aromatic rings. The molecular weight excluding hydrogens is 374 g/mol. The van der Waals surface area contributed by atoms with Crippen molar-refractivity contribution in [1.82, 2.24) is 4.90 Å². The second-order valence-electron chi connectivity index (χ2n) is 7.02. The number of ether oxygens (including phenoxy) is 1. The van der Waals surface area contributed by atoms with Crippen LogP contribution in [0.3, 0.4) is 0 Å². The first-order valence-corrected chi connectivity index (χ1v) is 10.3. The number of benzene rings is 2. The van der Waals surface area contributed by atoms with Gasteiger partial charge in [0.05, 0.1) is 5.56 Å². The number of carbonyl (C=O) groups is 2. The lowest BCUT2D eigenvalue weighted by Crippen LogP contribution is -2.42. The van der Waals surface area contributed by atoms with Crippen molar-refractivity contribution in [2.45, 2.75) is 42.9 Å². The number of thioether (sulfide) groups is 1. The Morgan fingerprint density at radius 1 is 1.11 bits per heavy atom. The summed E-state index contributed by atoms with van der Waals surface area (Å²) in [5.74, 6) is -0.0735. The number of likely N-dealkylation sites (tertiary alicyclic amines) is 1. The largest absolute Gasteiger partial charge is 0.490 e. The molecule has 1 atom stereocenters. The summed E-state index contributed by atoms with van der Waals surface area (Å²) >= 11 is 1.20. The number of hydrogen-bond donors (Lipinski definition) is 1. The number of carbonyl (C=O) groups excluding carboxylic acids is 1. The van der Waals surface area contributed by atoms with Crippen LogP contribution in [0.15, 0.2) is 53.4 Å². The number of aliphatic carboxylic acids is 1. The van der Waals surface area contributed by atoms with Gasteiger partial charge in [0.2, 0.25) is 0 Å². The molecule has 28 heavy (non-hydrogen) atoms. The molecule has 1 N–H and O–H groups in total. The molecule has 2 aromatic carbocycles. The number of carboxylic acids is 1. The zero-order chi connectivity index (χ0) is 20.1. The zero-order valence-electron chi connectivity index (χ0n) is 16.1. The second kappa shape index (κ2) is 9.15. The Morgan fingerprint density at radius 2 is 1.75 bits per heavy atom. The summed E-state index contributed by atoms with van der Waals surface area (Å²) in [5, 5.41) is 8.55. The monoisotopic (exact) mass is 399 g/mol. The average Bonchev–Trinajstić information content (AvgIpc) is 2.70. The van der Waals surface area contributed by atoms with E-state index in [-0.39, 0.29) is 12.0 Å². The molecular formula is C22H25NO4S. The molecule has 0 aliphatic carbocycles. The molecule has 1 saturated heterocycles. The number of piperidine rings is 1. The highest BCUT2D eigenvalue weighted by Gasteiger charge is 2.26. The van der Waals surface area contributed by atoms with Gasteiger partial charge in [-0.2, -0.15) is 0 Å². The van der Waals surface area contributed by atoms with Crippen molar-refractivity contribution in [3.63, 3.8) is 0 Å². The molecule has 3 rings (SSSR count). The molecule has 1 heterocycles. The highest BCUT2D eigenvalue weighted by atomic mass is 32.2. The standard InChI is InChI=1S/C22H25NO4S/c1-15-7-9-17(10-8-15)27-18-11-13-23(14-12-18)21(24)19-5-3-4-6-20(19)28-16(2)22(25)26/h3-10,16,18H,11-14H2,1-2H3,(H,25,26).